The Morgan fingerprint density at radius 3 is 2.16 bits per heavy atom. The first-order valence-electron chi connectivity index (χ1n) is 7.83. The van der Waals surface area contributed by atoms with Gasteiger partial charge in [-0.2, -0.15) is 0 Å². The van der Waals surface area contributed by atoms with E-state index in [2.05, 4.69) is 9.84 Å². The van der Waals surface area contributed by atoms with E-state index in [1.54, 1.807) is 0 Å². The molecule has 0 aromatic heterocycles. The van der Waals surface area contributed by atoms with Crippen LogP contribution in [0.25, 0.3) is 0 Å². The Hall–Kier alpha value is -0.363. The van der Waals surface area contributed by atoms with Crippen molar-refractivity contribution in [2.45, 2.75) is 12.5 Å². The lowest BCUT2D eigenvalue weighted by molar-refractivity contribution is -0.870. The monoisotopic (exact) mass is 403 g/mol. The molecule has 0 saturated carbocycles. The third-order valence-corrected chi connectivity index (χ3v) is 7.09. The topological polar surface area (TPSA) is 113 Å². The van der Waals surface area contributed by atoms with Gasteiger partial charge in [0.2, 0.25) is 5.91 Å². The van der Waals surface area contributed by atoms with Crippen molar-refractivity contribution in [3.63, 3.8) is 0 Å². The normalized spacial score (nSPS) is 15.0. The summed E-state index contributed by atoms with van der Waals surface area (Å²) in [5.74, 6) is -0.510. The van der Waals surface area contributed by atoms with E-state index in [9.17, 15) is 14.3 Å². The molecule has 0 aliphatic heterocycles. The molecule has 0 bridgehead atoms. The van der Waals surface area contributed by atoms with Crippen LogP contribution in [0.1, 0.15) is 6.42 Å². The Morgan fingerprint density at radius 2 is 1.68 bits per heavy atom. The lowest BCUT2D eigenvalue weighted by atomic mass is 10.4. The van der Waals surface area contributed by atoms with Crippen molar-refractivity contribution in [3.05, 3.63) is 0 Å². The first kappa shape index (κ1) is 24.6. The highest BCUT2D eigenvalue weighted by Gasteiger charge is 2.36. The molecule has 150 valence electrons. The maximum Gasteiger partial charge on any atom is 0.500 e. The zero-order valence-electron chi connectivity index (χ0n) is 15.9. The van der Waals surface area contributed by atoms with Gasteiger partial charge in [0.25, 0.3) is 0 Å². The molecule has 12 heteroatoms. The quantitative estimate of drug-likeness (QED) is 0.183. The standard InChI is InChI=1S/C13H31N2O8PSi/c1-15(2,3)9-10-22-24(17,18)23-12-13(16)14-8-7-11-25(19-4,20-5)21-6/h7-12H2,1-6H3,(H-,14,16,17,18)/p+1. The lowest BCUT2D eigenvalue weighted by Crippen LogP contribution is -2.43. The molecule has 0 aromatic rings. The number of amides is 1. The van der Waals surface area contributed by atoms with E-state index in [1.165, 1.54) is 21.3 Å². The molecule has 0 heterocycles. The fraction of sp³-hybridized carbons (Fsp3) is 0.923. The third kappa shape index (κ3) is 11.8. The Bertz CT molecular complexity index is 434. The second-order valence-corrected chi connectivity index (χ2v) is 10.9. The molecule has 0 fully saturated rings. The van der Waals surface area contributed by atoms with E-state index >= 15 is 0 Å². The van der Waals surface area contributed by atoms with Crippen molar-refractivity contribution in [3.8, 4) is 0 Å². The number of phosphoric acid groups is 1. The van der Waals surface area contributed by atoms with Crippen LogP contribution < -0.4 is 5.32 Å². The van der Waals surface area contributed by atoms with E-state index in [0.29, 0.717) is 30.0 Å². The van der Waals surface area contributed by atoms with Gasteiger partial charge >= 0.3 is 16.6 Å². The third-order valence-electron chi connectivity index (χ3n) is 3.29. The number of nitrogens with zero attached hydrogens (tertiary/aromatic N) is 1. The van der Waals surface area contributed by atoms with Crippen LogP contribution in [-0.4, -0.2) is 92.9 Å². The number of hydrogen-bond donors (Lipinski definition) is 2. The minimum absolute atomic E-state index is 0.0522. The van der Waals surface area contributed by atoms with E-state index in [4.69, 9.17) is 17.8 Å². The zero-order chi connectivity index (χ0) is 19.6. The van der Waals surface area contributed by atoms with Gasteiger partial charge in [0, 0.05) is 33.9 Å². The fourth-order valence-electron chi connectivity index (χ4n) is 1.75. The first-order valence-corrected chi connectivity index (χ1v) is 11.3. The summed E-state index contributed by atoms with van der Waals surface area (Å²) >= 11 is 0. The molecular weight excluding hydrogens is 371 g/mol. The maximum absolute atomic E-state index is 11.7. The second kappa shape index (κ2) is 11.4. The van der Waals surface area contributed by atoms with E-state index < -0.39 is 29.1 Å². The number of phosphoric ester groups is 1. The SMILES string of the molecule is CO[Si](CCCNC(=O)COP(=O)(O)OCC[N+](C)(C)C)(OC)OC. The number of rotatable bonds is 14. The summed E-state index contributed by atoms with van der Waals surface area (Å²) < 4.78 is 37.5. The first-order chi connectivity index (χ1) is 11.5. The van der Waals surface area contributed by atoms with Crippen LogP contribution in [0.3, 0.4) is 0 Å². The van der Waals surface area contributed by atoms with Gasteiger partial charge in [-0.3, -0.25) is 13.8 Å². The van der Waals surface area contributed by atoms with Gasteiger partial charge < -0.3 is 28.0 Å². The van der Waals surface area contributed by atoms with Crippen molar-refractivity contribution in [1.82, 2.24) is 5.32 Å². The van der Waals surface area contributed by atoms with Gasteiger partial charge in [-0.05, 0) is 6.42 Å². The van der Waals surface area contributed by atoms with Crippen molar-refractivity contribution >= 4 is 22.5 Å². The summed E-state index contributed by atoms with van der Waals surface area (Å²) in [7, 11) is 3.43. The fourth-order valence-corrected chi connectivity index (χ4v) is 4.14. The molecule has 25 heavy (non-hydrogen) atoms. The lowest BCUT2D eigenvalue weighted by Gasteiger charge is -2.24. The highest BCUT2D eigenvalue weighted by atomic mass is 31.2. The molecule has 0 saturated heterocycles. The Kier molecular flexibility index (Phi) is 11.2. The predicted octanol–water partition coefficient (Wildman–Crippen LogP) is 0.211. The number of carbonyl (C=O) groups excluding carboxylic acids is 1. The molecule has 10 nitrogen and oxygen atoms in total. The summed E-state index contributed by atoms with van der Waals surface area (Å²) in [6.45, 7) is 0.367. The highest BCUT2D eigenvalue weighted by molar-refractivity contribution is 7.47. The number of nitrogens with one attached hydrogen (secondary N) is 1. The minimum Gasteiger partial charge on any atom is -0.377 e. The van der Waals surface area contributed by atoms with Gasteiger partial charge in [-0.1, -0.05) is 0 Å². The highest BCUT2D eigenvalue weighted by Crippen LogP contribution is 2.42. The minimum atomic E-state index is -4.24. The van der Waals surface area contributed by atoms with E-state index in [1.807, 2.05) is 21.1 Å². The van der Waals surface area contributed by atoms with E-state index in [0.717, 1.165) is 0 Å². The van der Waals surface area contributed by atoms with Crippen molar-refractivity contribution < 1.29 is 41.1 Å². The average Bonchev–Trinajstić information content (AvgIpc) is 2.52. The summed E-state index contributed by atoms with van der Waals surface area (Å²) in [6.07, 6.45) is 0.574. The second-order valence-electron chi connectivity index (χ2n) is 6.34. The summed E-state index contributed by atoms with van der Waals surface area (Å²) in [4.78, 5) is 21.2. The zero-order valence-corrected chi connectivity index (χ0v) is 17.8. The largest absolute Gasteiger partial charge is 0.500 e. The molecule has 1 amide bonds. The predicted molar refractivity (Wildman–Crippen MR) is 93.8 cm³/mol. The molecule has 0 spiro atoms. The van der Waals surface area contributed by atoms with Gasteiger partial charge in [-0.15, -0.1) is 0 Å². The van der Waals surface area contributed by atoms with Gasteiger partial charge in [0.1, 0.15) is 19.8 Å². The number of hydrogen-bond acceptors (Lipinski definition) is 7. The molecule has 0 aliphatic carbocycles. The van der Waals surface area contributed by atoms with Gasteiger partial charge in [-0.25, -0.2) is 4.57 Å². The smallest absolute Gasteiger partial charge is 0.377 e. The molecule has 0 radical (unpaired) electrons. The molecule has 1 unspecified atom stereocenters. The van der Waals surface area contributed by atoms with Crippen LogP contribution in [0.15, 0.2) is 0 Å². The Morgan fingerprint density at radius 1 is 1.12 bits per heavy atom. The van der Waals surface area contributed by atoms with Crippen molar-refractivity contribution in [2.75, 3.05) is 68.8 Å². The molecule has 0 aromatic carbocycles. The number of likely N-dealkylation sites (N-methyl/N-ethyl adjacent to an activating group) is 1. The van der Waals surface area contributed by atoms with Crippen LogP contribution in [0.2, 0.25) is 6.04 Å². The van der Waals surface area contributed by atoms with Gasteiger partial charge in [0.05, 0.1) is 21.1 Å². The van der Waals surface area contributed by atoms with Gasteiger partial charge in [0.15, 0.2) is 0 Å². The summed E-state index contributed by atoms with van der Waals surface area (Å²) in [5.41, 5.74) is 0. The van der Waals surface area contributed by atoms with Crippen molar-refractivity contribution in [2.24, 2.45) is 0 Å². The number of quaternary nitrogens is 1. The average molecular weight is 403 g/mol. The van der Waals surface area contributed by atoms with E-state index in [-0.39, 0.29) is 6.61 Å². The number of carbonyl (C=O) groups is 1. The van der Waals surface area contributed by atoms with Crippen LogP contribution in [-0.2, 0) is 31.7 Å². The molecule has 2 N–H and O–H groups in total. The summed E-state index contributed by atoms with van der Waals surface area (Å²) in [6, 6.07) is 0.532. The summed E-state index contributed by atoms with van der Waals surface area (Å²) in [5, 5.41) is 2.58. The maximum atomic E-state index is 11.7. The van der Waals surface area contributed by atoms with Crippen LogP contribution in [0.5, 0.6) is 0 Å². The molecule has 0 aliphatic rings. The van der Waals surface area contributed by atoms with Crippen molar-refractivity contribution in [1.29, 1.82) is 0 Å². The van der Waals surface area contributed by atoms with Crippen LogP contribution in [0, 0.1) is 0 Å². The molecule has 1 atom stereocenters. The molecule has 0 rings (SSSR count). The Labute approximate surface area is 150 Å². The Balaban J connectivity index is 4.01. The van der Waals surface area contributed by atoms with Crippen LogP contribution in [0.4, 0.5) is 0 Å². The molecular formula is C13H32N2O8PSi+. The van der Waals surface area contributed by atoms with Crippen LogP contribution >= 0.6 is 7.82 Å².